The first-order valence-electron chi connectivity index (χ1n) is 4.95. The van der Waals surface area contributed by atoms with Crippen molar-refractivity contribution in [1.29, 1.82) is 0 Å². The fraction of sp³-hybridized carbons (Fsp3) is 0.273. The van der Waals surface area contributed by atoms with Crippen LogP contribution in [0.25, 0.3) is 0 Å². The highest BCUT2D eigenvalue weighted by molar-refractivity contribution is 6.32. The molecule has 16 heavy (non-hydrogen) atoms. The van der Waals surface area contributed by atoms with Gasteiger partial charge >= 0.3 is 0 Å². The third-order valence-electron chi connectivity index (χ3n) is 2.33. The fourth-order valence-electron chi connectivity index (χ4n) is 1.58. The summed E-state index contributed by atoms with van der Waals surface area (Å²) in [5.74, 6) is 0. The maximum absolute atomic E-state index is 11.7. The van der Waals surface area contributed by atoms with Crippen molar-refractivity contribution >= 4 is 23.2 Å². The molecule has 1 aromatic heterocycles. The summed E-state index contributed by atoms with van der Waals surface area (Å²) in [6.45, 7) is 0.483. The number of halogens is 2. The van der Waals surface area contributed by atoms with Crippen LogP contribution in [0.2, 0.25) is 10.3 Å². The Hall–Kier alpha value is -1.06. The van der Waals surface area contributed by atoms with E-state index in [9.17, 15) is 4.79 Å². The standard InChI is InChI=1S/C11H10Cl2N2O/c12-9-7-15(11(16)10(13)14-9)6-8-4-2-1-3-5-8/h2,4-5,7H,1,3,6H2. The molecule has 84 valence electrons. The Morgan fingerprint density at radius 2 is 2.19 bits per heavy atom. The van der Waals surface area contributed by atoms with Crippen LogP contribution in [0.4, 0.5) is 0 Å². The van der Waals surface area contributed by atoms with Gasteiger partial charge in [-0.2, -0.15) is 0 Å². The van der Waals surface area contributed by atoms with Gasteiger partial charge in [-0.05, 0) is 18.4 Å². The predicted molar refractivity (Wildman–Crippen MR) is 65.0 cm³/mol. The lowest BCUT2D eigenvalue weighted by Gasteiger charge is -2.09. The Bertz CT molecular complexity index is 517. The third-order valence-corrected chi connectivity index (χ3v) is 2.76. The molecule has 0 amide bonds. The Labute approximate surface area is 103 Å². The Kier molecular flexibility index (Phi) is 3.46. The number of hydrogen-bond acceptors (Lipinski definition) is 2. The minimum absolute atomic E-state index is 0.0899. The van der Waals surface area contributed by atoms with Crippen molar-refractivity contribution in [2.75, 3.05) is 0 Å². The van der Waals surface area contributed by atoms with E-state index >= 15 is 0 Å². The van der Waals surface area contributed by atoms with Gasteiger partial charge in [0.25, 0.3) is 5.56 Å². The first kappa shape index (κ1) is 11.4. The van der Waals surface area contributed by atoms with E-state index in [2.05, 4.69) is 17.1 Å². The molecule has 0 aliphatic heterocycles. The summed E-state index contributed by atoms with van der Waals surface area (Å²) in [5, 5.41) is 0.137. The minimum atomic E-state index is -0.314. The summed E-state index contributed by atoms with van der Waals surface area (Å²) in [6, 6.07) is 0. The minimum Gasteiger partial charge on any atom is -0.305 e. The number of nitrogens with zero attached hydrogens (tertiary/aromatic N) is 2. The second kappa shape index (κ2) is 4.85. The Morgan fingerprint density at radius 3 is 2.88 bits per heavy atom. The van der Waals surface area contributed by atoms with E-state index in [0.29, 0.717) is 6.54 Å². The molecule has 0 saturated heterocycles. The van der Waals surface area contributed by atoms with E-state index in [-0.39, 0.29) is 15.9 Å². The van der Waals surface area contributed by atoms with Gasteiger partial charge in [0.2, 0.25) is 0 Å². The van der Waals surface area contributed by atoms with Crippen LogP contribution in [0.1, 0.15) is 12.8 Å². The highest BCUT2D eigenvalue weighted by Gasteiger charge is 2.06. The zero-order chi connectivity index (χ0) is 11.5. The normalized spacial score (nSPS) is 15.0. The third kappa shape index (κ3) is 2.54. The Morgan fingerprint density at radius 1 is 1.38 bits per heavy atom. The van der Waals surface area contributed by atoms with Crippen molar-refractivity contribution in [3.8, 4) is 0 Å². The van der Waals surface area contributed by atoms with E-state index in [1.807, 2.05) is 6.08 Å². The first-order chi connectivity index (χ1) is 7.66. The van der Waals surface area contributed by atoms with Crippen LogP contribution in [0.3, 0.4) is 0 Å². The molecule has 0 atom stereocenters. The largest absolute Gasteiger partial charge is 0.305 e. The van der Waals surface area contributed by atoms with Crippen molar-refractivity contribution in [1.82, 2.24) is 9.55 Å². The van der Waals surface area contributed by atoms with Crippen molar-refractivity contribution < 1.29 is 0 Å². The number of hydrogen-bond donors (Lipinski definition) is 0. The zero-order valence-corrected chi connectivity index (χ0v) is 10.0. The molecule has 5 heteroatoms. The molecule has 1 aliphatic rings. The van der Waals surface area contributed by atoms with Gasteiger partial charge in [0, 0.05) is 6.20 Å². The van der Waals surface area contributed by atoms with Crippen molar-refractivity contribution in [3.63, 3.8) is 0 Å². The van der Waals surface area contributed by atoms with Crippen LogP contribution in [-0.4, -0.2) is 9.55 Å². The molecule has 3 nitrogen and oxygen atoms in total. The van der Waals surface area contributed by atoms with E-state index < -0.39 is 0 Å². The maximum Gasteiger partial charge on any atom is 0.288 e. The number of rotatable bonds is 2. The second-order valence-electron chi connectivity index (χ2n) is 3.55. The maximum atomic E-state index is 11.7. The summed E-state index contributed by atoms with van der Waals surface area (Å²) < 4.78 is 1.47. The van der Waals surface area contributed by atoms with Crippen molar-refractivity contribution in [3.05, 3.63) is 50.7 Å². The van der Waals surface area contributed by atoms with Gasteiger partial charge in [-0.1, -0.05) is 41.4 Å². The molecule has 2 rings (SSSR count). The molecule has 0 radical (unpaired) electrons. The average Bonchev–Trinajstić information content (AvgIpc) is 2.27. The van der Waals surface area contributed by atoms with E-state index in [1.54, 1.807) is 0 Å². The summed E-state index contributed by atoms with van der Waals surface area (Å²) in [4.78, 5) is 15.3. The first-order valence-corrected chi connectivity index (χ1v) is 5.70. The monoisotopic (exact) mass is 256 g/mol. The predicted octanol–water partition coefficient (Wildman–Crippen LogP) is 2.83. The van der Waals surface area contributed by atoms with Gasteiger partial charge in [0.1, 0.15) is 5.15 Å². The molecular formula is C11H10Cl2N2O. The lowest BCUT2D eigenvalue weighted by Crippen LogP contribution is -2.22. The summed E-state index contributed by atoms with van der Waals surface area (Å²) in [7, 11) is 0. The van der Waals surface area contributed by atoms with Crippen LogP contribution in [0.15, 0.2) is 34.8 Å². The fourth-order valence-corrected chi connectivity index (χ4v) is 2.02. The molecule has 0 spiro atoms. The molecule has 0 aromatic carbocycles. The van der Waals surface area contributed by atoms with Gasteiger partial charge in [-0.3, -0.25) is 4.79 Å². The number of aromatic nitrogens is 2. The molecule has 0 unspecified atom stereocenters. The SMILES string of the molecule is O=c1c(Cl)nc(Cl)cn1CC1=CCCC=C1. The number of allylic oxidation sites excluding steroid dienone is 4. The quantitative estimate of drug-likeness (QED) is 0.816. The zero-order valence-electron chi connectivity index (χ0n) is 8.49. The van der Waals surface area contributed by atoms with Crippen molar-refractivity contribution in [2.45, 2.75) is 19.4 Å². The molecule has 1 aliphatic carbocycles. The van der Waals surface area contributed by atoms with E-state index in [4.69, 9.17) is 23.2 Å². The average molecular weight is 257 g/mol. The molecule has 0 saturated carbocycles. The molecule has 1 heterocycles. The van der Waals surface area contributed by atoms with Gasteiger partial charge in [0.15, 0.2) is 5.15 Å². The van der Waals surface area contributed by atoms with Crippen LogP contribution in [-0.2, 0) is 6.54 Å². The van der Waals surface area contributed by atoms with Crippen LogP contribution < -0.4 is 5.56 Å². The van der Waals surface area contributed by atoms with E-state index in [0.717, 1.165) is 18.4 Å². The van der Waals surface area contributed by atoms with Crippen LogP contribution >= 0.6 is 23.2 Å². The Balaban J connectivity index is 2.31. The molecule has 1 aromatic rings. The lowest BCUT2D eigenvalue weighted by atomic mass is 10.1. The lowest BCUT2D eigenvalue weighted by molar-refractivity contribution is 0.740. The van der Waals surface area contributed by atoms with Crippen LogP contribution in [0, 0.1) is 0 Å². The van der Waals surface area contributed by atoms with Gasteiger partial charge in [-0.25, -0.2) is 4.98 Å². The second-order valence-corrected chi connectivity index (χ2v) is 4.29. The van der Waals surface area contributed by atoms with Crippen LogP contribution in [0.5, 0.6) is 0 Å². The summed E-state index contributed by atoms with van der Waals surface area (Å²) >= 11 is 11.4. The highest BCUT2D eigenvalue weighted by atomic mass is 35.5. The van der Waals surface area contributed by atoms with Gasteiger partial charge < -0.3 is 4.57 Å². The molecule has 0 fully saturated rings. The van der Waals surface area contributed by atoms with Crippen molar-refractivity contribution in [2.24, 2.45) is 0 Å². The summed E-state index contributed by atoms with van der Waals surface area (Å²) in [6.07, 6.45) is 9.76. The molecule has 0 N–H and O–H groups in total. The highest BCUT2D eigenvalue weighted by Crippen LogP contribution is 2.12. The molecular weight excluding hydrogens is 247 g/mol. The topological polar surface area (TPSA) is 34.9 Å². The van der Waals surface area contributed by atoms with Gasteiger partial charge in [0.05, 0.1) is 6.54 Å². The summed E-state index contributed by atoms with van der Waals surface area (Å²) in [5.41, 5.74) is 0.776. The van der Waals surface area contributed by atoms with E-state index in [1.165, 1.54) is 10.8 Å². The molecule has 0 bridgehead atoms. The smallest absolute Gasteiger partial charge is 0.288 e. The van der Waals surface area contributed by atoms with Gasteiger partial charge in [-0.15, -0.1) is 0 Å².